The summed E-state index contributed by atoms with van der Waals surface area (Å²) in [5.74, 6) is 0.634. The van der Waals surface area contributed by atoms with Gasteiger partial charge in [-0.2, -0.15) is 0 Å². The number of nitrogens with zero attached hydrogens (tertiary/aromatic N) is 1. The van der Waals surface area contributed by atoms with Crippen LogP contribution in [0.5, 0.6) is 0 Å². The van der Waals surface area contributed by atoms with Gasteiger partial charge in [-0.15, -0.1) is 0 Å². The van der Waals surface area contributed by atoms with Crippen molar-refractivity contribution in [1.82, 2.24) is 4.90 Å². The Morgan fingerprint density at radius 1 is 1.00 bits per heavy atom. The molecule has 2 aliphatic heterocycles. The van der Waals surface area contributed by atoms with Gasteiger partial charge in [0, 0.05) is 23.4 Å². The number of rotatable bonds is 1. The number of amides is 1. The van der Waals surface area contributed by atoms with Crippen LogP contribution in [0.3, 0.4) is 0 Å². The second-order valence-electron chi connectivity index (χ2n) is 5.42. The Morgan fingerprint density at radius 3 is 2.52 bits per heavy atom. The van der Waals surface area contributed by atoms with Crippen LogP contribution in [-0.2, 0) is 15.7 Å². The van der Waals surface area contributed by atoms with Gasteiger partial charge >= 0.3 is 0 Å². The number of benzene rings is 2. The molecular weight excluding hydrogens is 282 g/mol. The van der Waals surface area contributed by atoms with Gasteiger partial charge in [-0.1, -0.05) is 48.5 Å². The maximum absolute atomic E-state index is 13.0. The Labute approximate surface area is 126 Å². The molecule has 2 heterocycles. The highest BCUT2D eigenvalue weighted by atomic mass is 32.2. The predicted octanol–water partition coefficient (Wildman–Crippen LogP) is 2.50. The molecule has 1 fully saturated rings. The highest BCUT2D eigenvalue weighted by molar-refractivity contribution is 7.86. The van der Waals surface area contributed by atoms with Crippen LogP contribution in [0.2, 0.25) is 0 Å². The first-order valence-electron chi connectivity index (χ1n) is 7.12. The molecule has 0 spiro atoms. The summed E-state index contributed by atoms with van der Waals surface area (Å²) in [6.45, 7) is 0.661. The molecule has 2 aliphatic rings. The molecule has 2 aromatic rings. The topological polar surface area (TPSA) is 37.4 Å². The molecule has 0 saturated carbocycles. The molecule has 2 aromatic carbocycles. The minimum atomic E-state index is -1.13. The molecule has 3 nitrogen and oxygen atoms in total. The average molecular weight is 297 g/mol. The molecule has 1 saturated heterocycles. The van der Waals surface area contributed by atoms with Crippen LogP contribution in [0.25, 0.3) is 0 Å². The third-order valence-electron chi connectivity index (χ3n) is 4.35. The van der Waals surface area contributed by atoms with E-state index in [2.05, 4.69) is 0 Å². The van der Waals surface area contributed by atoms with E-state index in [4.69, 9.17) is 0 Å². The molecule has 21 heavy (non-hydrogen) atoms. The summed E-state index contributed by atoms with van der Waals surface area (Å²) >= 11 is 0. The first-order valence-corrected chi connectivity index (χ1v) is 8.43. The van der Waals surface area contributed by atoms with Gasteiger partial charge in [0.1, 0.15) is 0 Å². The largest absolute Gasteiger partial charge is 0.314 e. The number of carbonyl (C=O) groups is 1. The van der Waals surface area contributed by atoms with Crippen molar-refractivity contribution in [1.29, 1.82) is 0 Å². The molecule has 4 rings (SSSR count). The summed E-state index contributed by atoms with van der Waals surface area (Å²) in [6, 6.07) is 17.4. The lowest BCUT2D eigenvalue weighted by atomic mass is 9.97. The van der Waals surface area contributed by atoms with Crippen LogP contribution in [0.4, 0.5) is 0 Å². The quantitative estimate of drug-likeness (QED) is 0.811. The van der Waals surface area contributed by atoms with Crippen molar-refractivity contribution in [3.63, 3.8) is 0 Å². The Morgan fingerprint density at radius 2 is 1.71 bits per heavy atom. The molecule has 0 bridgehead atoms. The molecule has 4 heteroatoms. The zero-order valence-corrected chi connectivity index (χ0v) is 12.3. The Bertz CT molecular complexity index is 743. The highest BCUT2D eigenvalue weighted by Crippen LogP contribution is 2.48. The van der Waals surface area contributed by atoms with E-state index in [-0.39, 0.29) is 5.91 Å². The van der Waals surface area contributed by atoms with E-state index in [0.717, 1.165) is 17.5 Å². The van der Waals surface area contributed by atoms with E-state index < -0.39 is 15.7 Å². The van der Waals surface area contributed by atoms with Gasteiger partial charge in [-0.3, -0.25) is 9.00 Å². The van der Waals surface area contributed by atoms with Crippen molar-refractivity contribution in [3.8, 4) is 0 Å². The van der Waals surface area contributed by atoms with Crippen LogP contribution >= 0.6 is 0 Å². The van der Waals surface area contributed by atoms with Crippen LogP contribution in [-0.4, -0.2) is 27.3 Å². The molecule has 0 aromatic heterocycles. The predicted molar refractivity (Wildman–Crippen MR) is 82.3 cm³/mol. The SMILES string of the molecule is O=C1c2ccccc2C2(c3ccccc3)N1CCCS2=O. The van der Waals surface area contributed by atoms with Gasteiger partial charge in [0.05, 0.1) is 10.8 Å². The molecule has 106 valence electrons. The van der Waals surface area contributed by atoms with Gasteiger partial charge in [0.15, 0.2) is 4.87 Å². The zero-order chi connectivity index (χ0) is 14.4. The summed E-state index contributed by atoms with van der Waals surface area (Å²) in [7, 11) is -1.13. The number of fused-ring (bicyclic) bond motifs is 3. The van der Waals surface area contributed by atoms with Crippen molar-refractivity contribution in [3.05, 3.63) is 71.3 Å². The summed E-state index contributed by atoms with van der Waals surface area (Å²) in [6.07, 6.45) is 0.793. The van der Waals surface area contributed by atoms with E-state index in [9.17, 15) is 9.00 Å². The molecule has 0 N–H and O–H groups in total. The number of hydrogen-bond acceptors (Lipinski definition) is 2. The van der Waals surface area contributed by atoms with Gasteiger partial charge in [-0.25, -0.2) is 0 Å². The summed E-state index contributed by atoms with van der Waals surface area (Å²) in [4.78, 5) is 13.8. The second kappa shape index (κ2) is 4.53. The van der Waals surface area contributed by atoms with Crippen LogP contribution in [0, 0.1) is 0 Å². The van der Waals surface area contributed by atoms with Crippen LogP contribution < -0.4 is 0 Å². The third kappa shape index (κ3) is 1.54. The first kappa shape index (κ1) is 12.8. The Hall–Kier alpha value is -1.94. The second-order valence-corrected chi connectivity index (χ2v) is 7.11. The molecule has 0 radical (unpaired) electrons. The fraction of sp³-hybridized carbons (Fsp3) is 0.235. The lowest BCUT2D eigenvalue weighted by molar-refractivity contribution is 0.0710. The number of hydrogen-bond donors (Lipinski definition) is 0. The highest BCUT2D eigenvalue weighted by Gasteiger charge is 2.56. The Kier molecular flexibility index (Phi) is 2.76. The minimum Gasteiger partial charge on any atom is -0.314 e. The average Bonchev–Trinajstić information content (AvgIpc) is 2.80. The lowest BCUT2D eigenvalue weighted by Gasteiger charge is -2.42. The van der Waals surface area contributed by atoms with E-state index in [1.165, 1.54) is 0 Å². The molecule has 1 amide bonds. The van der Waals surface area contributed by atoms with E-state index in [0.29, 0.717) is 17.9 Å². The smallest absolute Gasteiger partial charge is 0.255 e. The number of carbonyl (C=O) groups excluding carboxylic acids is 1. The molecule has 0 aliphatic carbocycles. The summed E-state index contributed by atoms with van der Waals surface area (Å²) < 4.78 is 13.0. The lowest BCUT2D eigenvalue weighted by Crippen LogP contribution is -2.52. The standard InChI is InChI=1S/C17H15NO2S/c19-16-14-9-4-5-10-15(14)17(13-7-2-1-3-8-13)18(16)11-6-12-21(17)20/h1-5,7-10H,6,11-12H2. The normalized spacial score (nSPS) is 27.3. The maximum atomic E-state index is 13.0. The fourth-order valence-electron chi connectivity index (χ4n) is 3.51. The van der Waals surface area contributed by atoms with Crippen LogP contribution in [0.15, 0.2) is 54.6 Å². The van der Waals surface area contributed by atoms with Crippen molar-refractivity contribution in [2.75, 3.05) is 12.3 Å². The van der Waals surface area contributed by atoms with Gasteiger partial charge in [0.2, 0.25) is 0 Å². The third-order valence-corrected chi connectivity index (χ3v) is 6.35. The van der Waals surface area contributed by atoms with Gasteiger partial charge < -0.3 is 4.90 Å². The van der Waals surface area contributed by atoms with Crippen molar-refractivity contribution < 1.29 is 9.00 Å². The van der Waals surface area contributed by atoms with Gasteiger partial charge in [-0.05, 0) is 18.1 Å². The van der Waals surface area contributed by atoms with Crippen molar-refractivity contribution in [2.24, 2.45) is 0 Å². The fourth-order valence-corrected chi connectivity index (χ4v) is 5.44. The Balaban J connectivity index is 2.07. The molecular formula is C17H15NO2S. The zero-order valence-electron chi connectivity index (χ0n) is 11.5. The summed E-state index contributed by atoms with van der Waals surface area (Å²) in [5, 5.41) is 0. The molecule has 2 unspecified atom stereocenters. The van der Waals surface area contributed by atoms with E-state index in [1.807, 2.05) is 59.5 Å². The van der Waals surface area contributed by atoms with Crippen molar-refractivity contribution in [2.45, 2.75) is 11.3 Å². The monoisotopic (exact) mass is 297 g/mol. The first-order chi connectivity index (χ1) is 10.3. The van der Waals surface area contributed by atoms with Gasteiger partial charge in [0.25, 0.3) is 5.91 Å². The van der Waals surface area contributed by atoms with Crippen LogP contribution in [0.1, 0.15) is 27.9 Å². The minimum absolute atomic E-state index is 0.00232. The summed E-state index contributed by atoms with van der Waals surface area (Å²) in [5.41, 5.74) is 2.53. The van der Waals surface area contributed by atoms with E-state index in [1.54, 1.807) is 0 Å². The maximum Gasteiger partial charge on any atom is 0.255 e. The molecule has 2 atom stereocenters. The van der Waals surface area contributed by atoms with E-state index >= 15 is 0 Å². The van der Waals surface area contributed by atoms with Crippen molar-refractivity contribution >= 4 is 16.7 Å².